The van der Waals surface area contributed by atoms with Crippen molar-refractivity contribution in [3.05, 3.63) is 0 Å². The van der Waals surface area contributed by atoms with Crippen LogP contribution in [0.1, 0.15) is 32.1 Å². The van der Waals surface area contributed by atoms with E-state index in [0.29, 0.717) is 0 Å². The van der Waals surface area contributed by atoms with Crippen molar-refractivity contribution in [2.45, 2.75) is 37.6 Å². The van der Waals surface area contributed by atoms with Crippen molar-refractivity contribution in [2.75, 3.05) is 12.0 Å². The molecule has 2 rings (SSSR count). The molecule has 2 heteroatoms. The average molecular weight is 185 g/mol. The van der Waals surface area contributed by atoms with E-state index in [-0.39, 0.29) is 5.54 Å². The molecule has 0 spiro atoms. The molecular weight excluding hydrogens is 166 g/mol. The summed E-state index contributed by atoms with van der Waals surface area (Å²) in [6.07, 6.45) is 9.05. The van der Waals surface area contributed by atoms with Crippen LogP contribution in [0.3, 0.4) is 0 Å². The van der Waals surface area contributed by atoms with E-state index in [1.54, 1.807) is 0 Å². The van der Waals surface area contributed by atoms with Crippen molar-refractivity contribution >= 4 is 11.8 Å². The molecule has 0 aromatic rings. The normalized spacial score (nSPS) is 45.5. The molecule has 0 amide bonds. The third-order valence-corrected chi connectivity index (χ3v) is 4.41. The van der Waals surface area contributed by atoms with Crippen LogP contribution in [0.15, 0.2) is 0 Å². The Bertz CT molecular complexity index is 171. The van der Waals surface area contributed by atoms with Crippen LogP contribution in [0.4, 0.5) is 0 Å². The predicted molar refractivity (Wildman–Crippen MR) is 55.4 cm³/mol. The molecule has 2 fully saturated rings. The molecular formula is C10H19NS. The summed E-state index contributed by atoms with van der Waals surface area (Å²) in [5, 5.41) is 0. The van der Waals surface area contributed by atoms with Crippen molar-refractivity contribution in [2.24, 2.45) is 17.6 Å². The molecule has 0 heterocycles. The quantitative estimate of drug-likeness (QED) is 0.730. The Morgan fingerprint density at radius 2 is 2.33 bits per heavy atom. The van der Waals surface area contributed by atoms with Crippen LogP contribution in [-0.4, -0.2) is 17.5 Å². The number of thioether (sulfide) groups is 1. The minimum absolute atomic E-state index is 0.242. The predicted octanol–water partition coefficient (Wildman–Crippen LogP) is 2.26. The summed E-state index contributed by atoms with van der Waals surface area (Å²) >= 11 is 1.93. The van der Waals surface area contributed by atoms with E-state index < -0.39 is 0 Å². The SMILES string of the molecule is CSCCC1(N)CC2CCC1C2. The Morgan fingerprint density at radius 1 is 1.50 bits per heavy atom. The van der Waals surface area contributed by atoms with Crippen LogP contribution < -0.4 is 5.73 Å². The smallest absolute Gasteiger partial charge is 0.0193 e. The summed E-state index contributed by atoms with van der Waals surface area (Å²) in [5.41, 5.74) is 6.66. The van der Waals surface area contributed by atoms with Gasteiger partial charge in [0, 0.05) is 5.54 Å². The lowest BCUT2D eigenvalue weighted by molar-refractivity contribution is 0.265. The van der Waals surface area contributed by atoms with Gasteiger partial charge in [-0.1, -0.05) is 6.42 Å². The van der Waals surface area contributed by atoms with Crippen LogP contribution in [0.2, 0.25) is 0 Å². The second-order valence-electron chi connectivity index (χ2n) is 4.56. The van der Waals surface area contributed by atoms with Crippen LogP contribution >= 0.6 is 11.8 Å². The molecule has 2 bridgehead atoms. The van der Waals surface area contributed by atoms with E-state index in [4.69, 9.17) is 5.73 Å². The summed E-state index contributed by atoms with van der Waals surface area (Å²) in [6.45, 7) is 0. The highest BCUT2D eigenvalue weighted by atomic mass is 32.2. The van der Waals surface area contributed by atoms with E-state index in [9.17, 15) is 0 Å². The van der Waals surface area contributed by atoms with E-state index in [2.05, 4.69) is 6.26 Å². The fourth-order valence-electron chi connectivity index (χ4n) is 3.08. The van der Waals surface area contributed by atoms with Crippen LogP contribution in [-0.2, 0) is 0 Å². The maximum atomic E-state index is 6.42. The molecule has 0 aromatic heterocycles. The van der Waals surface area contributed by atoms with Gasteiger partial charge in [-0.15, -0.1) is 0 Å². The zero-order chi connectivity index (χ0) is 8.60. The highest BCUT2D eigenvalue weighted by Crippen LogP contribution is 2.50. The minimum atomic E-state index is 0.242. The Labute approximate surface area is 79.5 Å². The lowest BCUT2D eigenvalue weighted by Gasteiger charge is -2.33. The van der Waals surface area contributed by atoms with Crippen molar-refractivity contribution in [1.29, 1.82) is 0 Å². The van der Waals surface area contributed by atoms with Gasteiger partial charge in [-0.2, -0.15) is 11.8 Å². The van der Waals surface area contributed by atoms with Crippen molar-refractivity contribution in [3.8, 4) is 0 Å². The number of hydrogen-bond donors (Lipinski definition) is 1. The fourth-order valence-corrected chi connectivity index (χ4v) is 3.67. The Kier molecular flexibility index (Phi) is 2.39. The van der Waals surface area contributed by atoms with Gasteiger partial charge in [0.1, 0.15) is 0 Å². The molecule has 3 unspecified atom stereocenters. The highest BCUT2D eigenvalue weighted by molar-refractivity contribution is 7.98. The van der Waals surface area contributed by atoms with Crippen molar-refractivity contribution < 1.29 is 0 Å². The fraction of sp³-hybridized carbons (Fsp3) is 1.00. The Morgan fingerprint density at radius 3 is 2.83 bits per heavy atom. The summed E-state index contributed by atoms with van der Waals surface area (Å²) in [6, 6.07) is 0. The first-order chi connectivity index (χ1) is 5.74. The molecule has 0 radical (unpaired) electrons. The van der Waals surface area contributed by atoms with Gasteiger partial charge in [0.2, 0.25) is 0 Å². The van der Waals surface area contributed by atoms with Gasteiger partial charge in [0.15, 0.2) is 0 Å². The largest absolute Gasteiger partial charge is 0.325 e. The van der Waals surface area contributed by atoms with Crippen LogP contribution in [0, 0.1) is 11.8 Å². The number of nitrogens with two attached hydrogens (primary N) is 1. The van der Waals surface area contributed by atoms with Gasteiger partial charge in [-0.25, -0.2) is 0 Å². The molecule has 2 saturated carbocycles. The van der Waals surface area contributed by atoms with Gasteiger partial charge in [-0.3, -0.25) is 0 Å². The molecule has 12 heavy (non-hydrogen) atoms. The molecule has 3 atom stereocenters. The van der Waals surface area contributed by atoms with Crippen LogP contribution in [0.5, 0.6) is 0 Å². The lowest BCUT2D eigenvalue weighted by Crippen LogP contribution is -2.45. The van der Waals surface area contributed by atoms with E-state index in [1.807, 2.05) is 11.8 Å². The van der Waals surface area contributed by atoms with E-state index >= 15 is 0 Å². The number of rotatable bonds is 3. The topological polar surface area (TPSA) is 26.0 Å². The molecule has 2 N–H and O–H groups in total. The molecule has 2 aliphatic rings. The van der Waals surface area contributed by atoms with Gasteiger partial charge < -0.3 is 5.73 Å². The first-order valence-corrected chi connectivity index (χ1v) is 6.42. The third kappa shape index (κ3) is 1.39. The number of fused-ring (bicyclic) bond motifs is 2. The summed E-state index contributed by atoms with van der Waals surface area (Å²) in [4.78, 5) is 0. The second kappa shape index (κ2) is 3.22. The van der Waals surface area contributed by atoms with E-state index in [0.717, 1.165) is 11.8 Å². The van der Waals surface area contributed by atoms with Crippen LogP contribution in [0.25, 0.3) is 0 Å². The molecule has 1 nitrogen and oxygen atoms in total. The maximum absolute atomic E-state index is 6.42. The number of hydrogen-bond acceptors (Lipinski definition) is 2. The second-order valence-corrected chi connectivity index (χ2v) is 5.54. The molecule has 0 saturated heterocycles. The Balaban J connectivity index is 1.93. The molecule has 0 aromatic carbocycles. The standard InChI is InChI=1S/C10H19NS/c1-12-5-4-10(11)7-8-2-3-9(10)6-8/h8-9H,2-7,11H2,1H3. The van der Waals surface area contributed by atoms with Crippen molar-refractivity contribution in [3.63, 3.8) is 0 Å². The average Bonchev–Trinajstić information content (AvgIpc) is 2.60. The first kappa shape index (κ1) is 8.89. The van der Waals surface area contributed by atoms with Gasteiger partial charge in [0.25, 0.3) is 0 Å². The first-order valence-electron chi connectivity index (χ1n) is 5.02. The monoisotopic (exact) mass is 185 g/mol. The molecule has 70 valence electrons. The zero-order valence-electron chi connectivity index (χ0n) is 7.88. The van der Waals surface area contributed by atoms with Gasteiger partial charge in [-0.05, 0) is 49.5 Å². The molecule has 0 aliphatic heterocycles. The third-order valence-electron chi connectivity index (χ3n) is 3.79. The van der Waals surface area contributed by atoms with Crippen molar-refractivity contribution in [1.82, 2.24) is 0 Å². The van der Waals surface area contributed by atoms with Gasteiger partial charge >= 0.3 is 0 Å². The van der Waals surface area contributed by atoms with Gasteiger partial charge in [0.05, 0.1) is 0 Å². The highest BCUT2D eigenvalue weighted by Gasteiger charge is 2.47. The zero-order valence-corrected chi connectivity index (χ0v) is 8.70. The summed E-state index contributed by atoms with van der Waals surface area (Å²) in [7, 11) is 0. The summed E-state index contributed by atoms with van der Waals surface area (Å²) < 4.78 is 0. The minimum Gasteiger partial charge on any atom is -0.325 e. The lowest BCUT2D eigenvalue weighted by atomic mass is 9.80. The Hall–Kier alpha value is 0.310. The summed E-state index contributed by atoms with van der Waals surface area (Å²) in [5.74, 6) is 3.11. The maximum Gasteiger partial charge on any atom is 0.0193 e. The van der Waals surface area contributed by atoms with E-state index in [1.165, 1.54) is 37.9 Å². The molecule has 2 aliphatic carbocycles.